The standard InChI is InChI=1S/C19H17N3O.ClH/c1-3-12-21-17-6-4-5-7-18(17)22-13-16(20-19(21)22)14-8-10-15(23-2)11-9-14;/h3-11,13H,1,12H2,2H3;1H. The van der Waals surface area contributed by atoms with Crippen LogP contribution in [0.3, 0.4) is 0 Å². The van der Waals surface area contributed by atoms with Crippen molar-refractivity contribution < 1.29 is 4.74 Å². The van der Waals surface area contributed by atoms with E-state index in [0.29, 0.717) is 0 Å². The molecule has 24 heavy (non-hydrogen) atoms. The van der Waals surface area contributed by atoms with Crippen LogP contribution in [-0.2, 0) is 6.54 Å². The lowest BCUT2D eigenvalue weighted by atomic mass is 10.2. The molecule has 0 aliphatic carbocycles. The summed E-state index contributed by atoms with van der Waals surface area (Å²) >= 11 is 0. The van der Waals surface area contributed by atoms with Gasteiger partial charge in [0.2, 0.25) is 5.78 Å². The third kappa shape index (κ3) is 2.45. The lowest BCUT2D eigenvalue weighted by Crippen LogP contribution is -1.95. The molecule has 0 saturated carbocycles. The van der Waals surface area contributed by atoms with E-state index in [1.807, 2.05) is 42.5 Å². The first-order chi connectivity index (χ1) is 11.3. The Morgan fingerprint density at radius 1 is 1.08 bits per heavy atom. The van der Waals surface area contributed by atoms with Crippen molar-refractivity contribution in [1.29, 1.82) is 0 Å². The summed E-state index contributed by atoms with van der Waals surface area (Å²) in [5.41, 5.74) is 4.34. The number of halogens is 1. The molecule has 2 aromatic carbocycles. The maximum absolute atomic E-state index is 5.22. The van der Waals surface area contributed by atoms with Crippen molar-refractivity contribution in [3.8, 4) is 17.0 Å². The van der Waals surface area contributed by atoms with Gasteiger partial charge < -0.3 is 9.30 Å². The first kappa shape index (κ1) is 16.1. The molecule has 0 unspecified atom stereocenters. The van der Waals surface area contributed by atoms with Crippen molar-refractivity contribution in [3.63, 3.8) is 0 Å². The maximum atomic E-state index is 5.22. The number of ether oxygens (including phenoxy) is 1. The van der Waals surface area contributed by atoms with Crippen molar-refractivity contribution in [2.75, 3.05) is 7.11 Å². The van der Waals surface area contributed by atoms with Gasteiger partial charge in [-0.25, -0.2) is 4.98 Å². The lowest BCUT2D eigenvalue weighted by Gasteiger charge is -2.02. The highest BCUT2D eigenvalue weighted by Crippen LogP contribution is 2.26. The minimum Gasteiger partial charge on any atom is -0.497 e. The molecule has 5 heteroatoms. The van der Waals surface area contributed by atoms with E-state index in [9.17, 15) is 0 Å². The SMILES string of the molecule is C=CCn1c2ccccc2n2cc(-c3ccc(OC)cc3)nc12.Cl. The Kier molecular flexibility index (Phi) is 4.32. The fourth-order valence-electron chi connectivity index (χ4n) is 2.95. The first-order valence-corrected chi connectivity index (χ1v) is 7.53. The predicted octanol–water partition coefficient (Wildman–Crippen LogP) is 4.57. The zero-order valence-corrected chi connectivity index (χ0v) is 14.2. The number of fused-ring (bicyclic) bond motifs is 3. The molecule has 4 rings (SSSR count). The van der Waals surface area contributed by atoms with E-state index >= 15 is 0 Å². The molecule has 0 aliphatic heterocycles. The Hall–Kier alpha value is -2.72. The molecule has 0 N–H and O–H groups in total. The van der Waals surface area contributed by atoms with Crippen LogP contribution in [0, 0.1) is 0 Å². The van der Waals surface area contributed by atoms with Gasteiger partial charge in [-0.2, -0.15) is 0 Å². The summed E-state index contributed by atoms with van der Waals surface area (Å²) in [4.78, 5) is 4.83. The molecule has 2 aromatic heterocycles. The van der Waals surface area contributed by atoms with Crippen molar-refractivity contribution >= 4 is 29.2 Å². The van der Waals surface area contributed by atoms with Crippen LogP contribution in [-0.4, -0.2) is 21.1 Å². The summed E-state index contributed by atoms with van der Waals surface area (Å²) in [7, 11) is 1.67. The summed E-state index contributed by atoms with van der Waals surface area (Å²) < 4.78 is 9.53. The number of methoxy groups -OCH3 is 1. The fraction of sp³-hybridized carbons (Fsp3) is 0.105. The van der Waals surface area contributed by atoms with Crippen LogP contribution in [0.15, 0.2) is 67.4 Å². The molecule has 0 radical (unpaired) electrons. The van der Waals surface area contributed by atoms with E-state index in [4.69, 9.17) is 9.72 Å². The van der Waals surface area contributed by atoms with Crippen molar-refractivity contribution in [2.24, 2.45) is 0 Å². The maximum Gasteiger partial charge on any atom is 0.215 e. The second-order valence-corrected chi connectivity index (χ2v) is 5.41. The van der Waals surface area contributed by atoms with E-state index in [2.05, 4.69) is 33.9 Å². The predicted molar refractivity (Wildman–Crippen MR) is 100 cm³/mol. The number of allylic oxidation sites excluding steroid dienone is 1. The van der Waals surface area contributed by atoms with Gasteiger partial charge in [-0.3, -0.25) is 4.40 Å². The smallest absolute Gasteiger partial charge is 0.215 e. The van der Waals surface area contributed by atoms with Gasteiger partial charge in [-0.1, -0.05) is 18.2 Å². The molecule has 0 fully saturated rings. The van der Waals surface area contributed by atoms with Gasteiger partial charge in [0, 0.05) is 18.3 Å². The third-order valence-corrected chi connectivity index (χ3v) is 4.06. The van der Waals surface area contributed by atoms with Gasteiger partial charge >= 0.3 is 0 Å². The molecule has 122 valence electrons. The monoisotopic (exact) mass is 339 g/mol. The second kappa shape index (κ2) is 6.42. The van der Waals surface area contributed by atoms with E-state index in [1.165, 1.54) is 0 Å². The number of benzene rings is 2. The highest BCUT2D eigenvalue weighted by molar-refractivity contribution is 5.85. The van der Waals surface area contributed by atoms with Gasteiger partial charge in [-0.15, -0.1) is 19.0 Å². The normalized spacial score (nSPS) is 10.7. The van der Waals surface area contributed by atoms with Crippen molar-refractivity contribution in [3.05, 3.63) is 67.4 Å². The van der Waals surface area contributed by atoms with Crippen LogP contribution in [0.2, 0.25) is 0 Å². The van der Waals surface area contributed by atoms with Gasteiger partial charge in [0.15, 0.2) is 0 Å². The Morgan fingerprint density at radius 3 is 2.46 bits per heavy atom. The molecular weight excluding hydrogens is 322 g/mol. The van der Waals surface area contributed by atoms with E-state index in [-0.39, 0.29) is 12.4 Å². The summed E-state index contributed by atoms with van der Waals surface area (Å²) in [6, 6.07) is 16.3. The fourth-order valence-corrected chi connectivity index (χ4v) is 2.95. The molecule has 0 saturated heterocycles. The largest absolute Gasteiger partial charge is 0.497 e. The molecule has 4 nitrogen and oxygen atoms in total. The summed E-state index contributed by atoms with van der Waals surface area (Å²) in [5, 5.41) is 0. The molecule has 4 aromatic rings. The van der Waals surface area contributed by atoms with Gasteiger partial charge in [0.25, 0.3) is 0 Å². The number of para-hydroxylation sites is 2. The number of hydrogen-bond donors (Lipinski definition) is 0. The van der Waals surface area contributed by atoms with Crippen LogP contribution in [0.25, 0.3) is 28.1 Å². The highest BCUT2D eigenvalue weighted by Gasteiger charge is 2.13. The average Bonchev–Trinajstić information content (AvgIpc) is 3.15. The minimum absolute atomic E-state index is 0. The second-order valence-electron chi connectivity index (χ2n) is 5.41. The molecule has 0 bridgehead atoms. The third-order valence-electron chi connectivity index (χ3n) is 4.06. The zero-order valence-electron chi connectivity index (χ0n) is 13.3. The summed E-state index contributed by atoms with van der Waals surface area (Å²) in [6.07, 6.45) is 3.98. The number of rotatable bonds is 4. The molecule has 0 amide bonds. The van der Waals surface area contributed by atoms with Crippen molar-refractivity contribution in [2.45, 2.75) is 6.54 Å². The molecule has 0 spiro atoms. The molecule has 0 aliphatic rings. The molecule has 2 heterocycles. The number of imidazole rings is 2. The van der Waals surface area contributed by atoms with E-state index < -0.39 is 0 Å². The Bertz CT molecular complexity index is 999. The van der Waals surface area contributed by atoms with Crippen LogP contribution in [0.5, 0.6) is 5.75 Å². The van der Waals surface area contributed by atoms with Crippen molar-refractivity contribution in [1.82, 2.24) is 14.0 Å². The minimum atomic E-state index is 0. The van der Waals surface area contributed by atoms with Crippen LogP contribution in [0.4, 0.5) is 0 Å². The number of nitrogens with zero attached hydrogens (tertiary/aromatic N) is 3. The average molecular weight is 340 g/mol. The zero-order chi connectivity index (χ0) is 15.8. The molecule has 0 atom stereocenters. The van der Waals surface area contributed by atoms with Crippen LogP contribution < -0.4 is 4.74 Å². The van der Waals surface area contributed by atoms with Gasteiger partial charge in [0.1, 0.15) is 5.75 Å². The summed E-state index contributed by atoms with van der Waals surface area (Å²) in [6.45, 7) is 4.59. The topological polar surface area (TPSA) is 31.5 Å². The quantitative estimate of drug-likeness (QED) is 0.510. The molecular formula is C19H18ClN3O. The number of aromatic nitrogens is 3. The Labute approximate surface area is 146 Å². The van der Waals surface area contributed by atoms with Crippen LogP contribution >= 0.6 is 12.4 Å². The van der Waals surface area contributed by atoms with E-state index in [0.717, 1.165) is 40.4 Å². The number of hydrogen-bond acceptors (Lipinski definition) is 2. The summed E-state index contributed by atoms with van der Waals surface area (Å²) in [5.74, 6) is 1.77. The first-order valence-electron chi connectivity index (χ1n) is 7.53. The lowest BCUT2D eigenvalue weighted by molar-refractivity contribution is 0.415. The highest BCUT2D eigenvalue weighted by atomic mass is 35.5. The van der Waals surface area contributed by atoms with Gasteiger partial charge in [0.05, 0.1) is 23.8 Å². The van der Waals surface area contributed by atoms with E-state index in [1.54, 1.807) is 7.11 Å². The van der Waals surface area contributed by atoms with Crippen LogP contribution in [0.1, 0.15) is 0 Å². The Balaban J connectivity index is 0.00000169. The van der Waals surface area contributed by atoms with Gasteiger partial charge in [-0.05, 0) is 36.4 Å². The Morgan fingerprint density at radius 2 is 1.79 bits per heavy atom.